The fraction of sp³-hybridized carbons (Fsp3) is 0.457. The van der Waals surface area contributed by atoms with Gasteiger partial charge in [0, 0.05) is 44.9 Å². The zero-order valence-corrected chi connectivity index (χ0v) is 29.1. The van der Waals surface area contributed by atoms with E-state index >= 15 is 0 Å². The zero-order valence-electron chi connectivity index (χ0n) is 27.5. The van der Waals surface area contributed by atoms with E-state index in [9.17, 15) is 19.2 Å². The Morgan fingerprint density at radius 3 is 2.13 bits per heavy atom. The number of imide groups is 1. The second kappa shape index (κ2) is 17.8. The van der Waals surface area contributed by atoms with E-state index in [0.717, 1.165) is 37.2 Å². The SMILES string of the molecule is CN1CCCCC1.CNc1cnn(C)c(=O)c1Br.O=C1CCC(Nc2ccc(C3CCN(C(=O)c4ccccc4)CC3)cc2)C(=O)N1. The number of nitrogens with zero attached hydrogens (tertiary/aromatic N) is 4. The van der Waals surface area contributed by atoms with Crippen LogP contribution in [-0.4, -0.2) is 83.6 Å². The minimum Gasteiger partial charge on any atom is -0.386 e. The van der Waals surface area contributed by atoms with Gasteiger partial charge in [0.25, 0.3) is 11.5 Å². The number of benzene rings is 2. The molecule has 0 aliphatic carbocycles. The fourth-order valence-corrected chi connectivity index (χ4v) is 6.36. The van der Waals surface area contributed by atoms with Crippen molar-refractivity contribution in [1.82, 2.24) is 24.9 Å². The first-order valence-corrected chi connectivity index (χ1v) is 17.1. The summed E-state index contributed by atoms with van der Waals surface area (Å²) in [5.74, 6) is 0.0635. The van der Waals surface area contributed by atoms with E-state index in [-0.39, 0.29) is 29.3 Å². The standard InChI is InChI=1S/C23H25N3O3.C6H8BrN3O.C6H13N/c27-21-11-10-20(22(28)25-21)24-19-8-6-16(7-9-19)17-12-14-26(15-13-17)23(29)18-4-2-1-3-5-18;1-8-4-3-9-10(2)6(11)5(4)7;1-7-5-3-2-4-6-7/h1-9,17,20,24H,10-15H2,(H,25,27,28);3,8H,1-2H3;2-6H2,1H3. The van der Waals surface area contributed by atoms with Crippen LogP contribution in [-0.2, 0) is 16.6 Å². The van der Waals surface area contributed by atoms with E-state index in [1.165, 1.54) is 42.6 Å². The largest absolute Gasteiger partial charge is 0.386 e. The molecule has 3 saturated heterocycles. The second-order valence-electron chi connectivity index (χ2n) is 12.1. The smallest absolute Gasteiger partial charge is 0.282 e. The highest BCUT2D eigenvalue weighted by atomic mass is 79.9. The predicted octanol–water partition coefficient (Wildman–Crippen LogP) is 4.61. The van der Waals surface area contributed by atoms with Crippen LogP contribution in [0.1, 0.15) is 66.8 Å². The van der Waals surface area contributed by atoms with Crippen LogP contribution >= 0.6 is 15.9 Å². The molecule has 3 aliphatic rings. The number of rotatable bonds is 5. The molecule has 0 saturated carbocycles. The van der Waals surface area contributed by atoms with Gasteiger partial charge in [-0.2, -0.15) is 5.10 Å². The number of hydrogen-bond donors (Lipinski definition) is 3. The Morgan fingerprint density at radius 1 is 0.894 bits per heavy atom. The Labute approximate surface area is 285 Å². The van der Waals surface area contributed by atoms with Gasteiger partial charge in [-0.3, -0.25) is 24.5 Å². The lowest BCUT2D eigenvalue weighted by atomic mass is 9.89. The molecule has 3 N–H and O–H groups in total. The van der Waals surface area contributed by atoms with Crippen LogP contribution in [0.25, 0.3) is 0 Å². The summed E-state index contributed by atoms with van der Waals surface area (Å²) in [6.45, 7) is 4.16. The highest BCUT2D eigenvalue weighted by molar-refractivity contribution is 9.10. The van der Waals surface area contributed by atoms with E-state index in [4.69, 9.17) is 0 Å². The van der Waals surface area contributed by atoms with Gasteiger partial charge >= 0.3 is 0 Å². The summed E-state index contributed by atoms with van der Waals surface area (Å²) < 4.78 is 1.78. The lowest BCUT2D eigenvalue weighted by Crippen LogP contribution is -2.47. The van der Waals surface area contributed by atoms with Crippen molar-refractivity contribution in [3.05, 3.63) is 86.7 Å². The monoisotopic (exact) mass is 707 g/mol. The third-order valence-corrected chi connectivity index (χ3v) is 9.46. The van der Waals surface area contributed by atoms with E-state index in [1.54, 1.807) is 20.3 Å². The Kier molecular flexibility index (Phi) is 13.5. The predicted molar refractivity (Wildman–Crippen MR) is 189 cm³/mol. The molecule has 3 fully saturated rings. The molecule has 47 heavy (non-hydrogen) atoms. The lowest BCUT2D eigenvalue weighted by Gasteiger charge is -2.32. The number of hydrogen-bond acceptors (Lipinski definition) is 8. The molecular weight excluding hydrogens is 662 g/mol. The van der Waals surface area contributed by atoms with Gasteiger partial charge in [0.15, 0.2) is 0 Å². The van der Waals surface area contributed by atoms with Gasteiger partial charge in [0.1, 0.15) is 10.5 Å². The highest BCUT2D eigenvalue weighted by Crippen LogP contribution is 2.30. The van der Waals surface area contributed by atoms with Gasteiger partial charge in [-0.15, -0.1) is 0 Å². The molecule has 1 aromatic heterocycles. The normalized spacial score (nSPS) is 18.6. The maximum Gasteiger partial charge on any atom is 0.282 e. The number of nitrogens with one attached hydrogen (secondary N) is 3. The van der Waals surface area contributed by atoms with Crippen LogP contribution < -0.4 is 21.5 Å². The highest BCUT2D eigenvalue weighted by Gasteiger charge is 2.27. The molecule has 2 aromatic carbocycles. The Balaban J connectivity index is 0.000000226. The van der Waals surface area contributed by atoms with Crippen molar-refractivity contribution >= 4 is 45.0 Å². The first-order valence-electron chi connectivity index (χ1n) is 16.3. The van der Waals surface area contributed by atoms with Crippen LogP contribution in [0.4, 0.5) is 11.4 Å². The maximum absolute atomic E-state index is 12.6. The number of likely N-dealkylation sites (tertiary alicyclic amines) is 2. The van der Waals surface area contributed by atoms with Gasteiger partial charge in [-0.1, -0.05) is 36.8 Å². The molecule has 252 valence electrons. The molecule has 6 rings (SSSR count). The van der Waals surface area contributed by atoms with Crippen LogP contribution in [0, 0.1) is 0 Å². The minimum atomic E-state index is -0.370. The van der Waals surface area contributed by atoms with Gasteiger partial charge in [0.2, 0.25) is 11.8 Å². The van der Waals surface area contributed by atoms with Crippen molar-refractivity contribution in [3.8, 4) is 0 Å². The fourth-order valence-electron chi connectivity index (χ4n) is 5.80. The molecule has 3 aromatic rings. The van der Waals surface area contributed by atoms with E-state index in [1.807, 2.05) is 47.4 Å². The van der Waals surface area contributed by atoms with E-state index in [2.05, 4.69) is 61.1 Å². The van der Waals surface area contributed by atoms with E-state index in [0.29, 0.717) is 28.9 Å². The van der Waals surface area contributed by atoms with Crippen LogP contribution in [0.2, 0.25) is 0 Å². The Bertz CT molecular complexity index is 1530. The van der Waals surface area contributed by atoms with Crippen molar-refractivity contribution in [1.29, 1.82) is 0 Å². The molecule has 0 radical (unpaired) electrons. The number of piperidine rings is 3. The van der Waals surface area contributed by atoms with Gasteiger partial charge in [-0.25, -0.2) is 4.68 Å². The molecule has 4 heterocycles. The minimum absolute atomic E-state index is 0.104. The van der Waals surface area contributed by atoms with Crippen molar-refractivity contribution in [2.45, 2.75) is 56.9 Å². The first-order chi connectivity index (χ1) is 22.7. The van der Waals surface area contributed by atoms with E-state index < -0.39 is 0 Å². The van der Waals surface area contributed by atoms with Crippen LogP contribution in [0.3, 0.4) is 0 Å². The number of aromatic nitrogens is 2. The average molecular weight is 709 g/mol. The summed E-state index contributed by atoms with van der Waals surface area (Å²) >= 11 is 3.16. The number of halogens is 1. The summed E-state index contributed by atoms with van der Waals surface area (Å²) in [6, 6.07) is 17.2. The third kappa shape index (κ3) is 10.5. The van der Waals surface area contributed by atoms with Crippen molar-refractivity contribution in [2.75, 3.05) is 50.9 Å². The van der Waals surface area contributed by atoms with Gasteiger partial charge < -0.3 is 20.4 Å². The molecule has 11 nitrogen and oxygen atoms in total. The zero-order chi connectivity index (χ0) is 33.8. The Morgan fingerprint density at radius 2 is 1.55 bits per heavy atom. The molecule has 3 aliphatic heterocycles. The molecule has 0 bridgehead atoms. The second-order valence-corrected chi connectivity index (χ2v) is 12.9. The maximum atomic E-state index is 12.6. The van der Waals surface area contributed by atoms with Crippen molar-refractivity contribution in [2.24, 2.45) is 7.05 Å². The van der Waals surface area contributed by atoms with Gasteiger partial charge in [-0.05, 0) is 104 Å². The summed E-state index contributed by atoms with van der Waals surface area (Å²) in [5.41, 5.74) is 3.44. The molecule has 1 atom stereocenters. The number of amides is 3. The van der Waals surface area contributed by atoms with Crippen molar-refractivity contribution < 1.29 is 14.4 Å². The summed E-state index contributed by atoms with van der Waals surface area (Å²) in [5, 5.41) is 12.2. The molecule has 0 spiro atoms. The number of anilines is 2. The molecule has 3 amide bonds. The molecular formula is C35H46BrN7O4. The quantitative estimate of drug-likeness (QED) is 0.328. The first kappa shape index (κ1) is 35.8. The van der Waals surface area contributed by atoms with Crippen molar-refractivity contribution in [3.63, 3.8) is 0 Å². The molecule has 1 unspecified atom stereocenters. The average Bonchev–Trinajstić information content (AvgIpc) is 3.10. The number of aryl methyl sites for hydroxylation is 1. The Hall–Kier alpha value is -4.03. The van der Waals surface area contributed by atoms with Gasteiger partial charge in [0.05, 0.1) is 11.9 Å². The van der Waals surface area contributed by atoms with Crippen LogP contribution in [0.5, 0.6) is 0 Å². The van der Waals surface area contributed by atoms with Crippen LogP contribution in [0.15, 0.2) is 70.1 Å². The topological polar surface area (TPSA) is 129 Å². The lowest BCUT2D eigenvalue weighted by molar-refractivity contribution is -0.133. The number of carbonyl (C=O) groups is 3. The number of carbonyl (C=O) groups excluding carboxylic acids is 3. The summed E-state index contributed by atoms with van der Waals surface area (Å²) in [6.07, 6.45) is 8.63. The molecule has 12 heteroatoms. The third-order valence-electron chi connectivity index (χ3n) is 8.69. The summed E-state index contributed by atoms with van der Waals surface area (Å²) in [4.78, 5) is 51.2. The summed E-state index contributed by atoms with van der Waals surface area (Å²) in [7, 11) is 5.53.